The summed E-state index contributed by atoms with van der Waals surface area (Å²) in [6.07, 6.45) is 5.92. The average Bonchev–Trinajstić information content (AvgIpc) is 3.37. The Hall–Kier alpha value is -3.26. The Balaban J connectivity index is 1.44. The van der Waals surface area contributed by atoms with Gasteiger partial charge < -0.3 is 14.8 Å². The van der Waals surface area contributed by atoms with Crippen LogP contribution in [-0.2, 0) is 9.53 Å². The van der Waals surface area contributed by atoms with Crippen LogP contribution in [0.5, 0.6) is 11.6 Å². The van der Waals surface area contributed by atoms with Crippen molar-refractivity contribution < 1.29 is 14.3 Å². The van der Waals surface area contributed by atoms with E-state index in [1.165, 1.54) is 0 Å². The lowest BCUT2D eigenvalue weighted by Crippen LogP contribution is -2.22. The molecule has 8 nitrogen and oxygen atoms in total. The zero-order valence-electron chi connectivity index (χ0n) is 14.8. The van der Waals surface area contributed by atoms with Crippen LogP contribution in [0.15, 0.2) is 49.1 Å². The highest BCUT2D eigenvalue weighted by atomic mass is 16.5. The third-order valence-electron chi connectivity index (χ3n) is 4.21. The number of anilines is 1. The van der Waals surface area contributed by atoms with E-state index in [4.69, 9.17) is 9.47 Å². The fourth-order valence-electron chi connectivity index (χ4n) is 2.82. The first-order valence-corrected chi connectivity index (χ1v) is 8.68. The van der Waals surface area contributed by atoms with Crippen LogP contribution in [0, 0.1) is 12.8 Å². The highest BCUT2D eigenvalue weighted by Crippen LogP contribution is 2.24. The molecule has 3 aromatic rings. The van der Waals surface area contributed by atoms with Gasteiger partial charge in [-0.15, -0.1) is 0 Å². The number of aromatic nitrogens is 4. The maximum absolute atomic E-state index is 12.1. The van der Waals surface area contributed by atoms with Crippen LogP contribution in [-0.4, -0.2) is 38.6 Å². The van der Waals surface area contributed by atoms with E-state index in [0.29, 0.717) is 36.5 Å². The molecule has 0 aliphatic carbocycles. The average molecular weight is 365 g/mol. The molecule has 27 heavy (non-hydrogen) atoms. The van der Waals surface area contributed by atoms with E-state index in [-0.39, 0.29) is 11.8 Å². The number of imidazole rings is 1. The number of rotatable bonds is 5. The first kappa shape index (κ1) is 17.2. The molecule has 1 aliphatic rings. The Bertz CT molecular complexity index is 919. The fraction of sp³-hybridized carbons (Fsp3) is 0.263. The number of benzene rings is 1. The second-order valence-electron chi connectivity index (χ2n) is 6.26. The van der Waals surface area contributed by atoms with E-state index in [9.17, 15) is 4.79 Å². The van der Waals surface area contributed by atoms with Gasteiger partial charge in [0, 0.05) is 30.8 Å². The molecular weight excluding hydrogens is 346 g/mol. The van der Waals surface area contributed by atoms with Gasteiger partial charge in [0.15, 0.2) is 0 Å². The summed E-state index contributed by atoms with van der Waals surface area (Å²) in [4.78, 5) is 24.8. The maximum Gasteiger partial charge on any atom is 0.229 e. The minimum absolute atomic E-state index is 0.0161. The molecule has 8 heteroatoms. The minimum Gasteiger partial charge on any atom is -0.439 e. The Kier molecular flexibility index (Phi) is 4.80. The SMILES string of the molecule is Cc1nc(Oc2ccc(NC(=O)C3CCOC3)cc2)cc(-n2ccnc2)n1. The Morgan fingerprint density at radius 2 is 2.15 bits per heavy atom. The van der Waals surface area contributed by atoms with Gasteiger partial charge >= 0.3 is 0 Å². The number of nitrogens with one attached hydrogen (secondary N) is 1. The van der Waals surface area contributed by atoms with Gasteiger partial charge in [0.25, 0.3) is 0 Å². The highest BCUT2D eigenvalue weighted by Gasteiger charge is 2.23. The quantitative estimate of drug-likeness (QED) is 0.748. The zero-order valence-corrected chi connectivity index (χ0v) is 14.8. The second kappa shape index (κ2) is 7.55. The standard InChI is InChI=1S/C19H19N5O3/c1-13-21-17(24-8-7-20-12-24)10-18(22-13)27-16-4-2-15(3-5-16)23-19(25)14-6-9-26-11-14/h2-5,7-8,10,12,14H,6,9,11H2,1H3,(H,23,25). The molecule has 138 valence electrons. The molecule has 1 atom stereocenters. The lowest BCUT2D eigenvalue weighted by atomic mass is 10.1. The van der Waals surface area contributed by atoms with E-state index in [2.05, 4.69) is 20.3 Å². The molecule has 4 rings (SSSR count). The molecule has 1 fully saturated rings. The van der Waals surface area contributed by atoms with Gasteiger partial charge in [-0.25, -0.2) is 9.97 Å². The Labute approximate surface area is 156 Å². The van der Waals surface area contributed by atoms with Gasteiger partial charge in [-0.05, 0) is 37.6 Å². The first-order valence-electron chi connectivity index (χ1n) is 8.68. The van der Waals surface area contributed by atoms with Crippen molar-refractivity contribution in [3.63, 3.8) is 0 Å². The number of carbonyl (C=O) groups excluding carboxylic acids is 1. The summed E-state index contributed by atoms with van der Waals surface area (Å²) in [7, 11) is 0. The van der Waals surface area contributed by atoms with Crippen molar-refractivity contribution in [3.8, 4) is 17.4 Å². The van der Waals surface area contributed by atoms with Gasteiger partial charge in [0.2, 0.25) is 11.8 Å². The number of carbonyl (C=O) groups is 1. The molecule has 2 aromatic heterocycles. The number of hydrogen-bond acceptors (Lipinski definition) is 6. The molecule has 3 heterocycles. The van der Waals surface area contributed by atoms with Crippen LogP contribution in [0.25, 0.3) is 5.82 Å². The molecule has 1 aliphatic heterocycles. The number of nitrogens with zero attached hydrogens (tertiary/aromatic N) is 4. The Morgan fingerprint density at radius 1 is 1.30 bits per heavy atom. The van der Waals surface area contributed by atoms with Gasteiger partial charge in [-0.2, -0.15) is 4.98 Å². The second-order valence-corrected chi connectivity index (χ2v) is 6.26. The fourth-order valence-corrected chi connectivity index (χ4v) is 2.82. The van der Waals surface area contributed by atoms with E-state index in [1.54, 1.807) is 60.5 Å². The molecule has 1 aromatic carbocycles. The molecule has 0 saturated carbocycles. The van der Waals surface area contributed by atoms with Crippen LogP contribution in [0.1, 0.15) is 12.2 Å². The Morgan fingerprint density at radius 3 is 2.85 bits per heavy atom. The van der Waals surface area contributed by atoms with Crippen LogP contribution >= 0.6 is 0 Å². The van der Waals surface area contributed by atoms with Crippen molar-refractivity contribution in [3.05, 3.63) is 54.9 Å². The largest absolute Gasteiger partial charge is 0.439 e. The van der Waals surface area contributed by atoms with E-state index in [1.807, 2.05) is 0 Å². The molecule has 0 bridgehead atoms. The van der Waals surface area contributed by atoms with Crippen LogP contribution in [0.2, 0.25) is 0 Å². The molecule has 1 amide bonds. The lowest BCUT2D eigenvalue weighted by Gasteiger charge is -2.11. The van der Waals surface area contributed by atoms with Gasteiger partial charge in [0.1, 0.15) is 23.7 Å². The number of hydrogen-bond donors (Lipinski definition) is 1. The minimum atomic E-state index is -0.0773. The van der Waals surface area contributed by atoms with Gasteiger partial charge in [0.05, 0.1) is 12.5 Å². The number of aryl methyl sites for hydroxylation is 1. The predicted octanol–water partition coefficient (Wildman–Crippen LogP) is 2.74. The van der Waals surface area contributed by atoms with Crippen molar-refractivity contribution >= 4 is 11.6 Å². The van der Waals surface area contributed by atoms with Crippen molar-refractivity contribution in [1.29, 1.82) is 0 Å². The topological polar surface area (TPSA) is 91.2 Å². The summed E-state index contributed by atoms with van der Waals surface area (Å²) >= 11 is 0. The van der Waals surface area contributed by atoms with Crippen LogP contribution < -0.4 is 10.1 Å². The normalized spacial score (nSPS) is 16.3. The van der Waals surface area contributed by atoms with Crippen molar-refractivity contribution in [2.75, 3.05) is 18.5 Å². The lowest BCUT2D eigenvalue weighted by molar-refractivity contribution is -0.119. The van der Waals surface area contributed by atoms with Crippen LogP contribution in [0.3, 0.4) is 0 Å². The molecule has 1 unspecified atom stereocenters. The summed E-state index contributed by atoms with van der Waals surface area (Å²) in [5, 5.41) is 2.90. The number of ether oxygens (including phenoxy) is 2. The summed E-state index contributed by atoms with van der Waals surface area (Å²) in [5.41, 5.74) is 0.720. The monoisotopic (exact) mass is 365 g/mol. The van der Waals surface area contributed by atoms with Crippen LogP contribution in [0.4, 0.5) is 5.69 Å². The summed E-state index contributed by atoms with van der Waals surface area (Å²) in [6, 6.07) is 8.91. The highest BCUT2D eigenvalue weighted by molar-refractivity contribution is 5.92. The van der Waals surface area contributed by atoms with Gasteiger partial charge in [-0.1, -0.05) is 0 Å². The predicted molar refractivity (Wildman–Crippen MR) is 98.0 cm³/mol. The number of amides is 1. The molecule has 0 spiro atoms. The van der Waals surface area contributed by atoms with Crippen molar-refractivity contribution in [1.82, 2.24) is 19.5 Å². The first-order chi connectivity index (χ1) is 13.2. The van der Waals surface area contributed by atoms with E-state index < -0.39 is 0 Å². The van der Waals surface area contributed by atoms with E-state index >= 15 is 0 Å². The van der Waals surface area contributed by atoms with E-state index in [0.717, 1.165) is 12.1 Å². The summed E-state index contributed by atoms with van der Waals surface area (Å²) in [6.45, 7) is 2.93. The molecule has 1 saturated heterocycles. The maximum atomic E-state index is 12.1. The summed E-state index contributed by atoms with van der Waals surface area (Å²) < 4.78 is 12.9. The van der Waals surface area contributed by atoms with Crippen molar-refractivity contribution in [2.24, 2.45) is 5.92 Å². The third kappa shape index (κ3) is 4.12. The molecule has 1 N–H and O–H groups in total. The molecule has 0 radical (unpaired) electrons. The third-order valence-corrected chi connectivity index (χ3v) is 4.21. The summed E-state index contributed by atoms with van der Waals surface area (Å²) in [5.74, 6) is 2.23. The van der Waals surface area contributed by atoms with Gasteiger partial charge in [-0.3, -0.25) is 9.36 Å². The smallest absolute Gasteiger partial charge is 0.229 e. The van der Waals surface area contributed by atoms with Crippen molar-refractivity contribution in [2.45, 2.75) is 13.3 Å². The zero-order chi connectivity index (χ0) is 18.6. The molecular formula is C19H19N5O3.